The Balaban J connectivity index is 2.51. The van der Waals surface area contributed by atoms with Crippen LogP contribution in [0.4, 0.5) is 0 Å². The van der Waals surface area contributed by atoms with Crippen LogP contribution < -0.4 is 5.73 Å². The fraction of sp³-hybridized carbons (Fsp3) is 0.357. The molecule has 0 saturated heterocycles. The maximum absolute atomic E-state index is 6.24. The summed E-state index contributed by atoms with van der Waals surface area (Å²) in [5.41, 5.74) is 8.28. The van der Waals surface area contributed by atoms with E-state index in [-0.39, 0.29) is 0 Å². The lowest BCUT2D eigenvalue weighted by Gasteiger charge is -2.10. The van der Waals surface area contributed by atoms with Crippen molar-refractivity contribution in [2.24, 2.45) is 5.73 Å². The molecule has 0 fully saturated rings. The number of fused-ring (bicyclic) bond motifs is 1. The summed E-state index contributed by atoms with van der Waals surface area (Å²) in [6, 6.07) is 3.68. The van der Waals surface area contributed by atoms with Gasteiger partial charge in [0.15, 0.2) is 0 Å². The second-order valence-corrected chi connectivity index (χ2v) is 5.75. The third-order valence-electron chi connectivity index (χ3n) is 3.07. The number of rotatable bonds is 4. The van der Waals surface area contributed by atoms with Gasteiger partial charge in [0.05, 0.1) is 20.6 Å². The van der Waals surface area contributed by atoms with Gasteiger partial charge in [0.1, 0.15) is 0 Å². The van der Waals surface area contributed by atoms with Crippen molar-refractivity contribution in [2.45, 2.75) is 26.2 Å². The molecule has 0 amide bonds. The first-order valence-electron chi connectivity index (χ1n) is 6.18. The second kappa shape index (κ2) is 6.27. The van der Waals surface area contributed by atoms with Crippen molar-refractivity contribution >= 4 is 45.7 Å². The second-order valence-electron chi connectivity index (χ2n) is 4.55. The first-order valence-corrected chi connectivity index (χ1v) is 7.31. The molecule has 0 radical (unpaired) electrons. The normalized spacial score (nSPS) is 11.2. The Labute approximate surface area is 127 Å². The van der Waals surface area contributed by atoms with Gasteiger partial charge in [0.2, 0.25) is 0 Å². The molecule has 0 unspecified atom stereocenters. The molecular weight excluding hydrogens is 303 g/mol. The molecule has 0 saturated carbocycles. The van der Waals surface area contributed by atoms with Crippen LogP contribution in [0.1, 0.15) is 24.1 Å². The molecule has 1 aromatic carbocycles. The predicted molar refractivity (Wildman–Crippen MR) is 83.5 cm³/mol. The summed E-state index contributed by atoms with van der Waals surface area (Å²) in [4.78, 5) is 4.59. The van der Waals surface area contributed by atoms with Crippen LogP contribution in [0.2, 0.25) is 15.1 Å². The average molecular weight is 318 g/mol. The van der Waals surface area contributed by atoms with Gasteiger partial charge in [-0.3, -0.25) is 4.98 Å². The predicted octanol–water partition coefficient (Wildman–Crippen LogP) is 4.78. The molecule has 0 aliphatic rings. The lowest BCUT2D eigenvalue weighted by atomic mass is 10.1. The van der Waals surface area contributed by atoms with Gasteiger partial charge in [-0.1, -0.05) is 34.8 Å². The van der Waals surface area contributed by atoms with Crippen molar-refractivity contribution in [1.29, 1.82) is 0 Å². The Hall–Kier alpha value is -0.540. The quantitative estimate of drug-likeness (QED) is 0.650. The van der Waals surface area contributed by atoms with Gasteiger partial charge in [-0.2, -0.15) is 0 Å². The Kier molecular flexibility index (Phi) is 4.91. The molecule has 19 heavy (non-hydrogen) atoms. The number of aromatic nitrogens is 1. The van der Waals surface area contributed by atoms with E-state index in [0.29, 0.717) is 21.6 Å². The van der Waals surface area contributed by atoms with Gasteiger partial charge in [0.25, 0.3) is 0 Å². The molecule has 0 aliphatic carbocycles. The number of hydrogen-bond donors (Lipinski definition) is 1. The molecule has 0 spiro atoms. The van der Waals surface area contributed by atoms with Crippen molar-refractivity contribution in [3.05, 3.63) is 38.5 Å². The van der Waals surface area contributed by atoms with E-state index in [4.69, 9.17) is 40.5 Å². The Morgan fingerprint density at radius 1 is 1.11 bits per heavy atom. The molecule has 2 N–H and O–H groups in total. The maximum atomic E-state index is 6.24. The summed E-state index contributed by atoms with van der Waals surface area (Å²) in [5.74, 6) is 0. The van der Waals surface area contributed by atoms with Crippen LogP contribution in [-0.4, -0.2) is 11.5 Å². The van der Waals surface area contributed by atoms with E-state index >= 15 is 0 Å². The molecule has 0 atom stereocenters. The minimum Gasteiger partial charge on any atom is -0.330 e. The summed E-state index contributed by atoms with van der Waals surface area (Å²) in [6.07, 6.45) is 2.91. The van der Waals surface area contributed by atoms with Gasteiger partial charge in [0, 0.05) is 11.1 Å². The van der Waals surface area contributed by atoms with E-state index in [1.54, 1.807) is 6.07 Å². The lowest BCUT2D eigenvalue weighted by molar-refractivity contribution is 0.734. The monoisotopic (exact) mass is 316 g/mol. The lowest BCUT2D eigenvalue weighted by Crippen LogP contribution is -2.00. The van der Waals surface area contributed by atoms with Crippen molar-refractivity contribution in [2.75, 3.05) is 6.54 Å². The number of halogens is 3. The van der Waals surface area contributed by atoms with Crippen molar-refractivity contribution in [3.8, 4) is 0 Å². The largest absolute Gasteiger partial charge is 0.330 e. The number of nitrogens with two attached hydrogens (primary N) is 1. The molecule has 102 valence electrons. The zero-order chi connectivity index (χ0) is 14.0. The van der Waals surface area contributed by atoms with Crippen LogP contribution in [0.25, 0.3) is 10.9 Å². The summed E-state index contributed by atoms with van der Waals surface area (Å²) in [7, 11) is 0. The van der Waals surface area contributed by atoms with E-state index in [0.717, 1.165) is 41.4 Å². The van der Waals surface area contributed by atoms with Gasteiger partial charge in [-0.05, 0) is 50.4 Å². The van der Waals surface area contributed by atoms with Crippen LogP contribution in [0.5, 0.6) is 0 Å². The van der Waals surface area contributed by atoms with E-state index < -0.39 is 0 Å². The molecule has 2 rings (SSSR count). The van der Waals surface area contributed by atoms with Gasteiger partial charge in [-0.25, -0.2) is 0 Å². The molecule has 0 aliphatic heterocycles. The van der Waals surface area contributed by atoms with Crippen molar-refractivity contribution < 1.29 is 0 Å². The van der Waals surface area contributed by atoms with Crippen LogP contribution >= 0.6 is 34.8 Å². The van der Waals surface area contributed by atoms with E-state index in [2.05, 4.69) is 4.98 Å². The minimum absolute atomic E-state index is 0.458. The summed E-state index contributed by atoms with van der Waals surface area (Å²) in [5, 5.41) is 2.34. The molecule has 2 aromatic rings. The highest BCUT2D eigenvalue weighted by atomic mass is 35.5. The summed E-state index contributed by atoms with van der Waals surface area (Å²) in [6.45, 7) is 2.70. The van der Waals surface area contributed by atoms with E-state index in [9.17, 15) is 0 Å². The Morgan fingerprint density at radius 3 is 2.53 bits per heavy atom. The SMILES string of the molecule is Cc1cc(CCCCN)nc2c(Cl)cc(Cl)c(Cl)c12. The first-order chi connectivity index (χ1) is 9.04. The third kappa shape index (κ3) is 3.14. The van der Waals surface area contributed by atoms with Crippen molar-refractivity contribution in [3.63, 3.8) is 0 Å². The number of unbranched alkanes of at least 4 members (excludes halogenated alkanes) is 1. The number of hydrogen-bond acceptors (Lipinski definition) is 2. The molecule has 1 aromatic heterocycles. The standard InChI is InChI=1S/C14H15Cl3N2/c1-8-6-9(4-2-3-5-18)19-14-11(16)7-10(15)13(17)12(8)14/h6-7H,2-5,18H2,1H3. The van der Waals surface area contributed by atoms with E-state index in [1.165, 1.54) is 0 Å². The Morgan fingerprint density at radius 2 is 1.84 bits per heavy atom. The molecule has 2 nitrogen and oxygen atoms in total. The summed E-state index contributed by atoms with van der Waals surface area (Å²) >= 11 is 18.5. The highest BCUT2D eigenvalue weighted by Crippen LogP contribution is 2.37. The smallest absolute Gasteiger partial charge is 0.0910 e. The molecule has 1 heterocycles. The van der Waals surface area contributed by atoms with Crippen LogP contribution in [0.3, 0.4) is 0 Å². The third-order valence-corrected chi connectivity index (χ3v) is 4.14. The zero-order valence-corrected chi connectivity index (χ0v) is 12.9. The average Bonchev–Trinajstić information content (AvgIpc) is 2.36. The maximum Gasteiger partial charge on any atom is 0.0910 e. The highest BCUT2D eigenvalue weighted by Gasteiger charge is 2.13. The molecule has 0 bridgehead atoms. The fourth-order valence-corrected chi connectivity index (χ4v) is 2.93. The van der Waals surface area contributed by atoms with Gasteiger partial charge < -0.3 is 5.73 Å². The number of aryl methyl sites for hydroxylation is 2. The number of nitrogens with zero attached hydrogens (tertiary/aromatic N) is 1. The highest BCUT2D eigenvalue weighted by molar-refractivity contribution is 6.47. The first kappa shape index (κ1) is 14.9. The minimum atomic E-state index is 0.458. The molecule has 5 heteroatoms. The fourth-order valence-electron chi connectivity index (χ4n) is 2.13. The van der Waals surface area contributed by atoms with E-state index in [1.807, 2.05) is 13.0 Å². The summed E-state index contributed by atoms with van der Waals surface area (Å²) < 4.78 is 0. The number of benzene rings is 1. The number of pyridine rings is 1. The van der Waals surface area contributed by atoms with Gasteiger partial charge >= 0.3 is 0 Å². The van der Waals surface area contributed by atoms with Gasteiger partial charge in [-0.15, -0.1) is 0 Å². The zero-order valence-electron chi connectivity index (χ0n) is 10.6. The topological polar surface area (TPSA) is 38.9 Å². The van der Waals surface area contributed by atoms with Crippen LogP contribution in [0, 0.1) is 6.92 Å². The Bertz CT molecular complexity index is 611. The molecular formula is C14H15Cl3N2. The van der Waals surface area contributed by atoms with Crippen LogP contribution in [-0.2, 0) is 6.42 Å². The van der Waals surface area contributed by atoms with Crippen LogP contribution in [0.15, 0.2) is 12.1 Å². The van der Waals surface area contributed by atoms with Crippen molar-refractivity contribution in [1.82, 2.24) is 4.98 Å².